The molecule has 2 amide bonds. The van der Waals surface area contributed by atoms with E-state index in [1.807, 2.05) is 24.3 Å². The number of carbonyl (C=O) groups is 2. The van der Waals surface area contributed by atoms with Crippen molar-refractivity contribution in [3.05, 3.63) is 101 Å². The van der Waals surface area contributed by atoms with Gasteiger partial charge in [-0.3, -0.25) is 14.5 Å². The molecule has 3 aromatic carbocycles. The number of hydrogen-bond acceptors (Lipinski definition) is 3. The molecule has 2 N–H and O–H groups in total. The molecule has 4 rings (SSSR count). The van der Waals surface area contributed by atoms with Crippen LogP contribution in [0.1, 0.15) is 44.7 Å². The summed E-state index contributed by atoms with van der Waals surface area (Å²) in [5.74, 6) is -0.985. The topological polar surface area (TPSA) is 61.4 Å². The Hall–Kier alpha value is -3.51. The number of nitrogens with zero attached hydrogens (tertiary/aromatic N) is 1. The highest BCUT2D eigenvalue weighted by molar-refractivity contribution is 6.04. The number of hydrogen-bond donors (Lipinski definition) is 2. The zero-order valence-electron chi connectivity index (χ0n) is 17.8. The smallest absolute Gasteiger partial charge is 0.255 e. The van der Waals surface area contributed by atoms with Gasteiger partial charge in [0, 0.05) is 29.9 Å². The fourth-order valence-electron chi connectivity index (χ4n) is 3.89. The van der Waals surface area contributed by atoms with Crippen molar-refractivity contribution >= 4 is 17.5 Å². The summed E-state index contributed by atoms with van der Waals surface area (Å²) in [4.78, 5) is 27.4. The van der Waals surface area contributed by atoms with Gasteiger partial charge in [-0.15, -0.1) is 0 Å². The van der Waals surface area contributed by atoms with Crippen molar-refractivity contribution in [3.63, 3.8) is 0 Å². The van der Waals surface area contributed by atoms with E-state index in [0.29, 0.717) is 17.8 Å². The number of nitrogens with one attached hydrogen (secondary N) is 2. The number of rotatable bonds is 7. The van der Waals surface area contributed by atoms with Gasteiger partial charge in [0.1, 0.15) is 5.82 Å². The maximum absolute atomic E-state index is 13.3. The van der Waals surface area contributed by atoms with E-state index in [9.17, 15) is 14.0 Å². The second kappa shape index (κ2) is 10.2. The number of benzene rings is 3. The molecule has 0 atom stereocenters. The predicted octanol–water partition coefficient (Wildman–Crippen LogP) is 4.60. The van der Waals surface area contributed by atoms with Crippen LogP contribution in [0.2, 0.25) is 0 Å². The molecule has 3 aromatic rings. The van der Waals surface area contributed by atoms with Crippen LogP contribution < -0.4 is 10.6 Å². The number of amides is 2. The standard InChI is InChI=1S/C26H26FN3O2/c27-23-10-5-9-22(16-23)26(32)29-24-11-4-6-19(15-24)17-28-25(31)21-8-3-7-20(14-21)18-30-12-1-2-13-30/h3-11,14-16H,1-2,12-13,17-18H2,(H,28,31)(H,29,32). The quantitative estimate of drug-likeness (QED) is 0.575. The Kier molecular flexibility index (Phi) is 6.92. The molecule has 0 aromatic heterocycles. The van der Waals surface area contributed by atoms with Gasteiger partial charge in [0.25, 0.3) is 11.8 Å². The number of halogens is 1. The second-order valence-corrected chi connectivity index (χ2v) is 8.03. The van der Waals surface area contributed by atoms with Crippen molar-refractivity contribution in [2.45, 2.75) is 25.9 Å². The summed E-state index contributed by atoms with van der Waals surface area (Å²) in [5, 5.41) is 5.70. The van der Waals surface area contributed by atoms with E-state index in [1.165, 1.54) is 31.0 Å². The molecule has 1 saturated heterocycles. The fraction of sp³-hybridized carbons (Fsp3) is 0.231. The maximum atomic E-state index is 13.3. The zero-order valence-corrected chi connectivity index (χ0v) is 17.8. The highest BCUT2D eigenvalue weighted by atomic mass is 19.1. The minimum Gasteiger partial charge on any atom is -0.348 e. The Labute approximate surface area is 187 Å². The molecule has 1 aliphatic rings. The minimum atomic E-state index is -0.460. The third-order valence-corrected chi connectivity index (χ3v) is 5.52. The van der Waals surface area contributed by atoms with E-state index in [0.717, 1.165) is 30.8 Å². The molecule has 6 heteroatoms. The van der Waals surface area contributed by atoms with E-state index in [4.69, 9.17) is 0 Å². The first-order valence-electron chi connectivity index (χ1n) is 10.8. The van der Waals surface area contributed by atoms with Crippen LogP contribution in [-0.4, -0.2) is 29.8 Å². The van der Waals surface area contributed by atoms with E-state index in [1.54, 1.807) is 24.3 Å². The molecule has 164 valence electrons. The van der Waals surface area contributed by atoms with Gasteiger partial charge in [0.15, 0.2) is 0 Å². The van der Waals surface area contributed by atoms with Gasteiger partial charge < -0.3 is 10.6 Å². The van der Waals surface area contributed by atoms with E-state index < -0.39 is 5.82 Å². The molecule has 0 saturated carbocycles. The van der Waals surface area contributed by atoms with E-state index in [2.05, 4.69) is 21.6 Å². The largest absolute Gasteiger partial charge is 0.348 e. The van der Waals surface area contributed by atoms with Gasteiger partial charge in [-0.1, -0.05) is 30.3 Å². The zero-order chi connectivity index (χ0) is 22.3. The van der Waals surface area contributed by atoms with Crippen LogP contribution in [-0.2, 0) is 13.1 Å². The van der Waals surface area contributed by atoms with Crippen molar-refractivity contribution in [1.29, 1.82) is 0 Å². The van der Waals surface area contributed by atoms with Crippen LogP contribution in [0.25, 0.3) is 0 Å². The molecule has 32 heavy (non-hydrogen) atoms. The lowest BCUT2D eigenvalue weighted by atomic mass is 10.1. The third kappa shape index (κ3) is 5.80. The monoisotopic (exact) mass is 431 g/mol. The summed E-state index contributed by atoms with van der Waals surface area (Å²) >= 11 is 0. The summed E-state index contributed by atoms with van der Waals surface area (Å²) in [6.45, 7) is 3.43. The highest BCUT2D eigenvalue weighted by Gasteiger charge is 2.13. The van der Waals surface area contributed by atoms with Crippen molar-refractivity contribution in [2.24, 2.45) is 0 Å². The van der Waals surface area contributed by atoms with Crippen LogP contribution in [0.3, 0.4) is 0 Å². The lowest BCUT2D eigenvalue weighted by molar-refractivity contribution is 0.0949. The molecule has 0 unspecified atom stereocenters. The van der Waals surface area contributed by atoms with Gasteiger partial charge in [-0.2, -0.15) is 0 Å². The van der Waals surface area contributed by atoms with Gasteiger partial charge in [-0.25, -0.2) is 4.39 Å². The average molecular weight is 432 g/mol. The van der Waals surface area contributed by atoms with Crippen LogP contribution in [0.5, 0.6) is 0 Å². The van der Waals surface area contributed by atoms with Crippen LogP contribution >= 0.6 is 0 Å². The number of likely N-dealkylation sites (tertiary alicyclic amines) is 1. The first-order chi connectivity index (χ1) is 15.6. The number of anilines is 1. The highest BCUT2D eigenvalue weighted by Crippen LogP contribution is 2.15. The molecule has 1 fully saturated rings. The Morgan fingerprint density at radius 3 is 2.28 bits per heavy atom. The SMILES string of the molecule is O=C(NCc1cccc(NC(=O)c2cccc(F)c2)c1)c1cccc(CN2CCCC2)c1. The van der Waals surface area contributed by atoms with Crippen molar-refractivity contribution in [3.8, 4) is 0 Å². The number of carbonyl (C=O) groups excluding carboxylic acids is 2. The summed E-state index contributed by atoms with van der Waals surface area (Å²) in [6, 6.07) is 20.5. The Morgan fingerprint density at radius 2 is 1.50 bits per heavy atom. The lowest BCUT2D eigenvalue weighted by Gasteiger charge is -2.15. The third-order valence-electron chi connectivity index (χ3n) is 5.52. The van der Waals surface area contributed by atoms with Crippen LogP contribution in [0.4, 0.5) is 10.1 Å². The van der Waals surface area contributed by atoms with Gasteiger partial charge in [-0.05, 0) is 79.5 Å². The van der Waals surface area contributed by atoms with Crippen molar-refractivity contribution < 1.29 is 14.0 Å². The predicted molar refractivity (Wildman–Crippen MR) is 123 cm³/mol. The first-order valence-corrected chi connectivity index (χ1v) is 10.8. The molecule has 0 aliphatic carbocycles. The first kappa shape index (κ1) is 21.7. The van der Waals surface area contributed by atoms with E-state index in [-0.39, 0.29) is 17.4 Å². The summed E-state index contributed by atoms with van der Waals surface area (Å²) in [5.41, 5.74) is 3.46. The van der Waals surface area contributed by atoms with Gasteiger partial charge in [0.2, 0.25) is 0 Å². The van der Waals surface area contributed by atoms with Crippen molar-refractivity contribution in [2.75, 3.05) is 18.4 Å². The average Bonchev–Trinajstić information content (AvgIpc) is 3.31. The summed E-state index contributed by atoms with van der Waals surface area (Å²) in [7, 11) is 0. The van der Waals surface area contributed by atoms with Gasteiger partial charge in [0.05, 0.1) is 0 Å². The molecule has 0 radical (unpaired) electrons. The van der Waals surface area contributed by atoms with Crippen molar-refractivity contribution in [1.82, 2.24) is 10.2 Å². The van der Waals surface area contributed by atoms with Crippen LogP contribution in [0.15, 0.2) is 72.8 Å². The minimum absolute atomic E-state index is 0.137. The molecular weight excluding hydrogens is 405 g/mol. The normalized spacial score (nSPS) is 13.7. The Bertz CT molecular complexity index is 1110. The van der Waals surface area contributed by atoms with E-state index >= 15 is 0 Å². The second-order valence-electron chi connectivity index (χ2n) is 8.03. The Morgan fingerprint density at radius 1 is 0.812 bits per heavy atom. The molecule has 0 spiro atoms. The molecule has 1 heterocycles. The molecule has 0 bridgehead atoms. The summed E-state index contributed by atoms with van der Waals surface area (Å²) < 4.78 is 13.3. The van der Waals surface area contributed by atoms with Gasteiger partial charge >= 0.3 is 0 Å². The molecular formula is C26H26FN3O2. The summed E-state index contributed by atoms with van der Waals surface area (Å²) in [6.07, 6.45) is 2.48. The lowest BCUT2D eigenvalue weighted by Crippen LogP contribution is -2.23. The molecule has 1 aliphatic heterocycles. The Balaban J connectivity index is 1.34. The maximum Gasteiger partial charge on any atom is 0.255 e. The molecule has 5 nitrogen and oxygen atoms in total. The fourth-order valence-corrected chi connectivity index (χ4v) is 3.89. The van der Waals surface area contributed by atoms with Crippen LogP contribution in [0, 0.1) is 5.82 Å².